The number of nitrogens with two attached hydrogens (primary N) is 1. The van der Waals surface area contributed by atoms with Crippen LogP contribution in [0.4, 0.5) is 11.4 Å². The van der Waals surface area contributed by atoms with Crippen LogP contribution in [-0.2, 0) is 10.1 Å². The van der Waals surface area contributed by atoms with E-state index in [4.69, 9.17) is 33.5 Å². The Morgan fingerprint density at radius 1 is 1.09 bits per heavy atom. The van der Waals surface area contributed by atoms with Gasteiger partial charge in [-0.1, -0.05) is 23.2 Å². The van der Waals surface area contributed by atoms with E-state index >= 15 is 0 Å². The van der Waals surface area contributed by atoms with Crippen molar-refractivity contribution in [3.8, 4) is 0 Å². The number of benzene rings is 2. The van der Waals surface area contributed by atoms with Crippen molar-refractivity contribution in [2.75, 3.05) is 11.1 Å². The molecule has 0 aliphatic heterocycles. The van der Waals surface area contributed by atoms with Crippen LogP contribution in [0.5, 0.6) is 0 Å². The second-order valence-electron chi connectivity index (χ2n) is 4.31. The third-order valence-corrected chi connectivity index (χ3v) is 4.38. The van der Waals surface area contributed by atoms with Crippen molar-refractivity contribution in [3.05, 3.63) is 52.0 Å². The molecule has 116 valence electrons. The second kappa shape index (κ2) is 6.13. The molecule has 2 rings (SSSR count). The first kappa shape index (κ1) is 16.6. The lowest BCUT2D eigenvalue weighted by Gasteiger charge is -2.09. The average Bonchev–Trinajstić information content (AvgIpc) is 2.42. The fourth-order valence-corrected chi connectivity index (χ4v) is 2.62. The van der Waals surface area contributed by atoms with Gasteiger partial charge >= 0.3 is 0 Å². The zero-order valence-corrected chi connectivity index (χ0v) is 13.2. The molecule has 2 aromatic carbocycles. The van der Waals surface area contributed by atoms with Gasteiger partial charge in [0.2, 0.25) is 0 Å². The summed E-state index contributed by atoms with van der Waals surface area (Å²) in [5, 5.41) is 2.99. The predicted octanol–water partition coefficient (Wildman–Crippen LogP) is 3.07. The van der Waals surface area contributed by atoms with E-state index in [-0.39, 0.29) is 22.0 Å². The standard InChI is InChI=1S/C13H10Cl2N2O4S/c14-9-3-1-7(5-10(9)15)13(18)17-8-2-4-11(16)12(6-8)22(19,20)21/h1-6H,16H2,(H,17,18)(H,19,20,21). The van der Waals surface area contributed by atoms with Crippen LogP contribution in [0.25, 0.3) is 0 Å². The van der Waals surface area contributed by atoms with Gasteiger partial charge in [0.1, 0.15) is 4.90 Å². The highest BCUT2D eigenvalue weighted by molar-refractivity contribution is 7.86. The first-order valence-electron chi connectivity index (χ1n) is 5.82. The summed E-state index contributed by atoms with van der Waals surface area (Å²) in [7, 11) is -4.48. The van der Waals surface area contributed by atoms with Crippen LogP contribution in [0.15, 0.2) is 41.3 Å². The number of rotatable bonds is 3. The van der Waals surface area contributed by atoms with Gasteiger partial charge in [-0.25, -0.2) is 0 Å². The molecule has 6 nitrogen and oxygen atoms in total. The summed E-state index contributed by atoms with van der Waals surface area (Å²) in [5.74, 6) is -0.523. The monoisotopic (exact) mass is 360 g/mol. The van der Waals surface area contributed by atoms with Gasteiger partial charge in [-0.2, -0.15) is 8.42 Å². The Hall–Kier alpha value is -1.80. The fourth-order valence-electron chi connectivity index (χ4n) is 1.68. The van der Waals surface area contributed by atoms with Crippen LogP contribution in [0.2, 0.25) is 10.0 Å². The van der Waals surface area contributed by atoms with E-state index in [2.05, 4.69) is 5.32 Å². The van der Waals surface area contributed by atoms with E-state index in [0.717, 1.165) is 6.07 Å². The quantitative estimate of drug-likeness (QED) is 0.575. The molecule has 0 bridgehead atoms. The molecule has 0 aliphatic rings. The summed E-state index contributed by atoms with van der Waals surface area (Å²) in [6, 6.07) is 8.02. The summed E-state index contributed by atoms with van der Waals surface area (Å²) in [6.45, 7) is 0. The molecule has 0 saturated carbocycles. The lowest BCUT2D eigenvalue weighted by atomic mass is 10.2. The molecule has 0 saturated heterocycles. The number of hydrogen-bond acceptors (Lipinski definition) is 4. The summed E-state index contributed by atoms with van der Waals surface area (Å²) in [6.07, 6.45) is 0. The Balaban J connectivity index is 2.31. The van der Waals surface area contributed by atoms with Crippen molar-refractivity contribution in [1.82, 2.24) is 0 Å². The molecule has 22 heavy (non-hydrogen) atoms. The van der Waals surface area contributed by atoms with Gasteiger partial charge in [0.05, 0.1) is 15.7 Å². The summed E-state index contributed by atoms with van der Waals surface area (Å²) >= 11 is 11.6. The largest absolute Gasteiger partial charge is 0.398 e. The van der Waals surface area contributed by atoms with Gasteiger partial charge < -0.3 is 11.1 Å². The zero-order chi connectivity index (χ0) is 16.5. The topological polar surface area (TPSA) is 109 Å². The molecule has 0 heterocycles. The highest BCUT2D eigenvalue weighted by atomic mass is 35.5. The lowest BCUT2D eigenvalue weighted by molar-refractivity contribution is 0.102. The summed E-state index contributed by atoms with van der Waals surface area (Å²) in [4.78, 5) is 11.6. The van der Waals surface area contributed by atoms with Crippen molar-refractivity contribution in [2.45, 2.75) is 4.90 Å². The molecule has 0 fully saturated rings. The van der Waals surface area contributed by atoms with Gasteiger partial charge in [0.15, 0.2) is 0 Å². The molecular weight excluding hydrogens is 351 g/mol. The Bertz CT molecular complexity index is 853. The smallest absolute Gasteiger partial charge is 0.296 e. The number of amides is 1. The normalized spacial score (nSPS) is 11.2. The van der Waals surface area contributed by atoms with Crippen molar-refractivity contribution in [1.29, 1.82) is 0 Å². The number of nitrogens with one attached hydrogen (secondary N) is 1. The molecule has 0 radical (unpaired) electrons. The molecule has 0 unspecified atom stereocenters. The number of anilines is 2. The second-order valence-corrected chi connectivity index (χ2v) is 6.52. The SMILES string of the molecule is Nc1ccc(NC(=O)c2ccc(Cl)c(Cl)c2)cc1S(=O)(=O)O. The van der Waals surface area contributed by atoms with Crippen molar-refractivity contribution >= 4 is 50.6 Å². The minimum absolute atomic E-state index is 0.130. The highest BCUT2D eigenvalue weighted by Gasteiger charge is 2.16. The van der Waals surface area contributed by atoms with E-state index in [0.29, 0.717) is 5.02 Å². The molecule has 4 N–H and O–H groups in total. The highest BCUT2D eigenvalue weighted by Crippen LogP contribution is 2.25. The van der Waals surface area contributed by atoms with Crippen molar-refractivity contribution < 1.29 is 17.8 Å². The van der Waals surface area contributed by atoms with Crippen LogP contribution in [0.3, 0.4) is 0 Å². The van der Waals surface area contributed by atoms with E-state index < -0.39 is 20.9 Å². The predicted molar refractivity (Wildman–Crippen MR) is 85.1 cm³/mol. The minimum Gasteiger partial charge on any atom is -0.398 e. The Morgan fingerprint density at radius 2 is 1.77 bits per heavy atom. The van der Waals surface area contributed by atoms with Crippen LogP contribution in [0, 0.1) is 0 Å². The van der Waals surface area contributed by atoms with E-state index in [1.165, 1.54) is 30.3 Å². The average molecular weight is 361 g/mol. The summed E-state index contributed by atoms with van der Waals surface area (Å²) < 4.78 is 31.4. The van der Waals surface area contributed by atoms with Crippen molar-refractivity contribution in [3.63, 3.8) is 0 Å². The maximum atomic E-state index is 12.1. The van der Waals surface area contributed by atoms with Crippen LogP contribution in [-0.4, -0.2) is 18.9 Å². The molecule has 1 amide bonds. The van der Waals surface area contributed by atoms with Gasteiger partial charge in [-0.15, -0.1) is 0 Å². The Morgan fingerprint density at radius 3 is 2.36 bits per heavy atom. The minimum atomic E-state index is -4.48. The molecule has 9 heteroatoms. The molecular formula is C13H10Cl2N2O4S. The third kappa shape index (κ3) is 3.69. The first-order valence-corrected chi connectivity index (χ1v) is 8.01. The maximum absolute atomic E-state index is 12.1. The van der Waals surface area contributed by atoms with E-state index in [1.807, 2.05) is 0 Å². The van der Waals surface area contributed by atoms with E-state index in [9.17, 15) is 13.2 Å². The lowest BCUT2D eigenvalue weighted by Crippen LogP contribution is -2.13. The van der Waals surface area contributed by atoms with Gasteiger partial charge in [0.25, 0.3) is 16.0 Å². The Labute approximate surface area is 136 Å². The third-order valence-electron chi connectivity index (χ3n) is 2.73. The number of nitrogen functional groups attached to an aromatic ring is 1. The van der Waals surface area contributed by atoms with Gasteiger partial charge in [-0.05, 0) is 36.4 Å². The van der Waals surface area contributed by atoms with Crippen molar-refractivity contribution in [2.24, 2.45) is 0 Å². The van der Waals surface area contributed by atoms with Crippen LogP contribution in [0.1, 0.15) is 10.4 Å². The van der Waals surface area contributed by atoms with Gasteiger partial charge in [-0.3, -0.25) is 9.35 Å². The molecule has 2 aromatic rings. The molecule has 0 atom stereocenters. The van der Waals surface area contributed by atoms with Gasteiger partial charge in [0, 0.05) is 11.3 Å². The molecule has 0 spiro atoms. The Kier molecular flexibility index (Phi) is 4.62. The number of carbonyl (C=O) groups is 1. The zero-order valence-electron chi connectivity index (χ0n) is 10.9. The first-order chi connectivity index (χ1) is 10.2. The van der Waals surface area contributed by atoms with Crippen LogP contribution >= 0.6 is 23.2 Å². The van der Waals surface area contributed by atoms with E-state index in [1.54, 1.807) is 0 Å². The number of carbonyl (C=O) groups excluding carboxylic acids is 1. The maximum Gasteiger partial charge on any atom is 0.296 e. The number of halogens is 2. The van der Waals surface area contributed by atoms with Crippen LogP contribution < -0.4 is 11.1 Å². The number of hydrogen-bond donors (Lipinski definition) is 3. The fraction of sp³-hybridized carbons (Fsp3) is 0. The molecule has 0 aromatic heterocycles. The molecule has 0 aliphatic carbocycles. The summed E-state index contributed by atoms with van der Waals surface area (Å²) in [5.41, 5.74) is 5.73.